The van der Waals surface area contributed by atoms with Crippen LogP contribution in [0.3, 0.4) is 0 Å². The summed E-state index contributed by atoms with van der Waals surface area (Å²) < 4.78 is 33.2. The van der Waals surface area contributed by atoms with Crippen LogP contribution < -0.4 is 9.46 Å². The summed E-state index contributed by atoms with van der Waals surface area (Å²) in [5.74, 6) is 0.679. The fraction of sp³-hybridized carbons (Fsp3) is 0.409. The molecule has 0 radical (unpaired) electrons. The molecule has 2 aliphatic rings. The van der Waals surface area contributed by atoms with Crippen LogP contribution in [0.25, 0.3) is 0 Å². The van der Waals surface area contributed by atoms with Crippen molar-refractivity contribution in [3.8, 4) is 5.75 Å². The van der Waals surface area contributed by atoms with E-state index in [0.29, 0.717) is 18.7 Å². The van der Waals surface area contributed by atoms with Gasteiger partial charge in [-0.05, 0) is 68.5 Å². The molecule has 1 heterocycles. The number of hydrogen-bond donors (Lipinski definition) is 1. The van der Waals surface area contributed by atoms with Gasteiger partial charge in [0.1, 0.15) is 5.75 Å². The second-order valence-corrected chi connectivity index (χ2v) is 9.30. The molecule has 29 heavy (non-hydrogen) atoms. The average Bonchev–Trinajstić information content (AvgIpc) is 3.39. The van der Waals surface area contributed by atoms with E-state index in [-0.39, 0.29) is 22.9 Å². The Morgan fingerprint density at radius 3 is 2.59 bits per heavy atom. The van der Waals surface area contributed by atoms with E-state index in [2.05, 4.69) is 4.72 Å². The molecule has 1 aliphatic heterocycles. The Hall–Kier alpha value is -2.38. The SMILES string of the molecule is CCOc1ccc(C2CCCN2C(=O)c2cccc(S(=O)(=O)NC3CC3)c2)cc1. The molecule has 1 saturated carbocycles. The van der Waals surface area contributed by atoms with E-state index in [1.165, 1.54) is 12.1 Å². The van der Waals surface area contributed by atoms with Crippen molar-refractivity contribution in [3.05, 3.63) is 59.7 Å². The number of rotatable bonds is 7. The third-order valence-electron chi connectivity index (χ3n) is 5.38. The van der Waals surface area contributed by atoms with Gasteiger partial charge in [0.15, 0.2) is 0 Å². The summed E-state index contributed by atoms with van der Waals surface area (Å²) in [6.07, 6.45) is 3.55. The van der Waals surface area contributed by atoms with Gasteiger partial charge in [-0.1, -0.05) is 18.2 Å². The summed E-state index contributed by atoms with van der Waals surface area (Å²) in [5, 5.41) is 0. The largest absolute Gasteiger partial charge is 0.494 e. The maximum atomic E-state index is 13.2. The Bertz CT molecular complexity index is 984. The Balaban J connectivity index is 1.54. The number of nitrogens with one attached hydrogen (secondary N) is 1. The number of sulfonamides is 1. The highest BCUT2D eigenvalue weighted by Crippen LogP contribution is 2.34. The predicted molar refractivity (Wildman–Crippen MR) is 110 cm³/mol. The number of nitrogens with zero attached hydrogens (tertiary/aromatic N) is 1. The van der Waals surface area contributed by atoms with E-state index in [4.69, 9.17) is 4.74 Å². The van der Waals surface area contributed by atoms with Crippen LogP contribution in [-0.4, -0.2) is 38.4 Å². The number of benzene rings is 2. The van der Waals surface area contributed by atoms with Gasteiger partial charge in [0, 0.05) is 18.2 Å². The lowest BCUT2D eigenvalue weighted by Gasteiger charge is -2.25. The van der Waals surface area contributed by atoms with Gasteiger partial charge < -0.3 is 9.64 Å². The molecular weight excluding hydrogens is 388 g/mol. The van der Waals surface area contributed by atoms with Crippen molar-refractivity contribution in [1.82, 2.24) is 9.62 Å². The lowest BCUT2D eigenvalue weighted by atomic mass is 10.0. The highest BCUT2D eigenvalue weighted by molar-refractivity contribution is 7.89. The number of hydrogen-bond acceptors (Lipinski definition) is 4. The van der Waals surface area contributed by atoms with E-state index < -0.39 is 10.0 Å². The van der Waals surface area contributed by atoms with E-state index in [1.807, 2.05) is 36.1 Å². The molecule has 1 unspecified atom stereocenters. The van der Waals surface area contributed by atoms with Crippen molar-refractivity contribution in [2.45, 2.75) is 49.6 Å². The molecule has 154 valence electrons. The first-order valence-electron chi connectivity index (χ1n) is 10.1. The predicted octanol–water partition coefficient (Wildman–Crippen LogP) is 3.50. The normalized spacial score (nSPS) is 19.3. The quantitative estimate of drug-likeness (QED) is 0.752. The van der Waals surface area contributed by atoms with Crippen LogP contribution in [0.1, 0.15) is 54.6 Å². The standard InChI is InChI=1S/C22H26N2O4S/c1-2-28-19-12-8-16(9-13-19)21-7-4-14-24(21)22(25)17-5-3-6-20(15-17)29(26,27)23-18-10-11-18/h3,5-6,8-9,12-13,15,18,21,23H,2,4,7,10-11,14H2,1H3. The minimum atomic E-state index is -3.59. The molecule has 0 spiro atoms. The lowest BCUT2D eigenvalue weighted by Crippen LogP contribution is -2.31. The summed E-state index contributed by atoms with van der Waals surface area (Å²) in [6.45, 7) is 3.22. The molecule has 1 N–H and O–H groups in total. The van der Waals surface area contributed by atoms with E-state index in [0.717, 1.165) is 37.0 Å². The smallest absolute Gasteiger partial charge is 0.254 e. The third kappa shape index (κ3) is 4.46. The Morgan fingerprint density at radius 2 is 1.90 bits per heavy atom. The van der Waals surface area contributed by atoms with Gasteiger partial charge in [0.05, 0.1) is 17.5 Å². The number of carbonyl (C=O) groups is 1. The molecule has 1 aliphatic carbocycles. The molecule has 0 aromatic heterocycles. The van der Waals surface area contributed by atoms with Gasteiger partial charge in [-0.3, -0.25) is 4.79 Å². The van der Waals surface area contributed by atoms with E-state index in [9.17, 15) is 13.2 Å². The summed E-state index contributed by atoms with van der Waals surface area (Å²) >= 11 is 0. The summed E-state index contributed by atoms with van der Waals surface area (Å²) in [5.41, 5.74) is 1.47. The van der Waals surface area contributed by atoms with Crippen LogP contribution in [0.2, 0.25) is 0 Å². The maximum Gasteiger partial charge on any atom is 0.254 e. The number of likely N-dealkylation sites (tertiary alicyclic amines) is 1. The first-order valence-corrected chi connectivity index (χ1v) is 11.6. The maximum absolute atomic E-state index is 13.2. The van der Waals surface area contributed by atoms with Crippen LogP contribution in [0, 0.1) is 0 Å². The van der Waals surface area contributed by atoms with Gasteiger partial charge in [-0.25, -0.2) is 13.1 Å². The number of amides is 1. The Kier molecular flexibility index (Phi) is 5.61. The first-order chi connectivity index (χ1) is 14.0. The second-order valence-electron chi connectivity index (χ2n) is 7.58. The van der Waals surface area contributed by atoms with Gasteiger partial charge in [0.25, 0.3) is 5.91 Å². The molecule has 2 fully saturated rings. The van der Waals surface area contributed by atoms with Gasteiger partial charge in [0.2, 0.25) is 10.0 Å². The zero-order chi connectivity index (χ0) is 20.4. The molecule has 1 amide bonds. The van der Waals surface area contributed by atoms with E-state index in [1.54, 1.807) is 12.1 Å². The van der Waals surface area contributed by atoms with Crippen molar-refractivity contribution in [3.63, 3.8) is 0 Å². The van der Waals surface area contributed by atoms with Crippen molar-refractivity contribution >= 4 is 15.9 Å². The average molecular weight is 415 g/mol. The molecule has 0 bridgehead atoms. The van der Waals surface area contributed by atoms with Crippen molar-refractivity contribution < 1.29 is 17.9 Å². The minimum Gasteiger partial charge on any atom is -0.494 e. The zero-order valence-electron chi connectivity index (χ0n) is 16.5. The second kappa shape index (κ2) is 8.16. The van der Waals surface area contributed by atoms with Gasteiger partial charge >= 0.3 is 0 Å². The fourth-order valence-electron chi connectivity index (χ4n) is 3.76. The zero-order valence-corrected chi connectivity index (χ0v) is 17.3. The summed E-state index contributed by atoms with van der Waals surface area (Å²) in [7, 11) is -3.59. The van der Waals surface area contributed by atoms with Crippen LogP contribution in [0.15, 0.2) is 53.4 Å². The van der Waals surface area contributed by atoms with Crippen LogP contribution >= 0.6 is 0 Å². The van der Waals surface area contributed by atoms with Crippen LogP contribution in [0.4, 0.5) is 0 Å². The monoisotopic (exact) mass is 414 g/mol. The molecule has 4 rings (SSSR count). The van der Waals surface area contributed by atoms with Gasteiger partial charge in [-0.15, -0.1) is 0 Å². The van der Waals surface area contributed by atoms with Crippen molar-refractivity contribution in [1.29, 1.82) is 0 Å². The highest BCUT2D eigenvalue weighted by Gasteiger charge is 2.32. The minimum absolute atomic E-state index is 0.0111. The number of carbonyl (C=O) groups excluding carboxylic acids is 1. The lowest BCUT2D eigenvalue weighted by molar-refractivity contribution is 0.0735. The van der Waals surface area contributed by atoms with E-state index >= 15 is 0 Å². The molecule has 2 aromatic rings. The van der Waals surface area contributed by atoms with Crippen LogP contribution in [0.5, 0.6) is 5.75 Å². The molecule has 6 nitrogen and oxygen atoms in total. The topological polar surface area (TPSA) is 75.7 Å². The first kappa shape index (κ1) is 19.9. The number of ether oxygens (including phenoxy) is 1. The Labute approximate surface area is 171 Å². The molecule has 1 atom stereocenters. The third-order valence-corrected chi connectivity index (χ3v) is 6.90. The van der Waals surface area contributed by atoms with Crippen LogP contribution in [-0.2, 0) is 10.0 Å². The summed E-state index contributed by atoms with van der Waals surface area (Å²) in [6, 6.07) is 14.2. The fourth-order valence-corrected chi connectivity index (χ4v) is 5.11. The van der Waals surface area contributed by atoms with Gasteiger partial charge in [-0.2, -0.15) is 0 Å². The Morgan fingerprint density at radius 1 is 1.14 bits per heavy atom. The van der Waals surface area contributed by atoms with Crippen molar-refractivity contribution in [2.24, 2.45) is 0 Å². The summed E-state index contributed by atoms with van der Waals surface area (Å²) in [4.78, 5) is 15.2. The molecule has 7 heteroatoms. The molecule has 2 aromatic carbocycles. The molecular formula is C22H26N2O4S. The highest BCUT2D eigenvalue weighted by atomic mass is 32.2. The molecule has 1 saturated heterocycles. The van der Waals surface area contributed by atoms with Crippen molar-refractivity contribution in [2.75, 3.05) is 13.2 Å².